The Morgan fingerprint density at radius 3 is 2.54 bits per heavy atom. The van der Waals surface area contributed by atoms with Crippen LogP contribution in [0.4, 0.5) is 10.5 Å². The monoisotopic (exact) mass is 409 g/mol. The van der Waals surface area contributed by atoms with Crippen molar-refractivity contribution >= 4 is 46.7 Å². The van der Waals surface area contributed by atoms with Crippen LogP contribution in [0.25, 0.3) is 0 Å². The van der Waals surface area contributed by atoms with Crippen LogP contribution in [0.3, 0.4) is 0 Å². The average Bonchev–Trinajstić information content (AvgIpc) is 2.67. The first-order chi connectivity index (χ1) is 12.6. The lowest BCUT2D eigenvalue weighted by atomic mass is 10.2. The Balaban J connectivity index is 1.53. The molecule has 138 valence electrons. The Kier molecular flexibility index (Phi) is 6.57. The van der Waals surface area contributed by atoms with E-state index in [2.05, 4.69) is 40.7 Å². The Hall–Kier alpha value is -1.56. The quantitative estimate of drug-likeness (QED) is 0.740. The summed E-state index contributed by atoms with van der Waals surface area (Å²) >= 11 is 13.8. The number of nitrogens with zero attached hydrogens (tertiary/aromatic N) is 2. The standard InChI is InChI=1S/C19H21Cl2N3OS/c1-26-18-5-3-2-4-17(18)23-8-10-24(11-9-23)19(25)22-13-14-6-7-15(20)12-16(14)21/h2-7,12H,8-11,13H2,1H3,(H,22,25). The Labute approximate surface area is 168 Å². The van der Waals surface area contributed by atoms with Crippen LogP contribution >= 0.6 is 35.0 Å². The van der Waals surface area contributed by atoms with Crippen LogP contribution in [0.5, 0.6) is 0 Å². The predicted octanol–water partition coefficient (Wildman–Crippen LogP) is 4.75. The third kappa shape index (κ3) is 4.58. The Bertz CT molecular complexity index is 779. The van der Waals surface area contributed by atoms with Gasteiger partial charge in [-0.25, -0.2) is 4.79 Å². The number of amides is 2. The molecule has 1 N–H and O–H groups in total. The highest BCUT2D eigenvalue weighted by molar-refractivity contribution is 7.98. The van der Waals surface area contributed by atoms with Gasteiger partial charge in [0, 0.05) is 47.7 Å². The zero-order chi connectivity index (χ0) is 18.5. The van der Waals surface area contributed by atoms with Crippen LogP contribution in [0.15, 0.2) is 47.4 Å². The van der Waals surface area contributed by atoms with Crippen molar-refractivity contribution in [2.75, 3.05) is 37.3 Å². The summed E-state index contributed by atoms with van der Waals surface area (Å²) in [5.74, 6) is 0. The number of urea groups is 1. The number of benzene rings is 2. The SMILES string of the molecule is CSc1ccccc1N1CCN(C(=O)NCc2ccc(Cl)cc2Cl)CC1. The minimum Gasteiger partial charge on any atom is -0.367 e. The van der Waals surface area contributed by atoms with Crippen LogP contribution in [-0.4, -0.2) is 43.4 Å². The summed E-state index contributed by atoms with van der Waals surface area (Å²) in [6, 6.07) is 13.6. The molecular formula is C19H21Cl2N3OS. The number of carbonyl (C=O) groups is 1. The maximum absolute atomic E-state index is 12.4. The number of piperazine rings is 1. The van der Waals surface area contributed by atoms with Gasteiger partial charge >= 0.3 is 6.03 Å². The van der Waals surface area contributed by atoms with E-state index >= 15 is 0 Å². The molecule has 0 unspecified atom stereocenters. The van der Waals surface area contributed by atoms with Crippen molar-refractivity contribution in [2.24, 2.45) is 0 Å². The van der Waals surface area contributed by atoms with E-state index < -0.39 is 0 Å². The number of hydrogen-bond donors (Lipinski definition) is 1. The van der Waals surface area contributed by atoms with E-state index in [4.69, 9.17) is 23.2 Å². The molecule has 0 aromatic heterocycles. The van der Waals surface area contributed by atoms with Gasteiger partial charge in [-0.15, -0.1) is 11.8 Å². The first-order valence-electron chi connectivity index (χ1n) is 8.43. The number of rotatable bonds is 4. The fourth-order valence-corrected chi connectivity index (χ4v) is 4.09. The van der Waals surface area contributed by atoms with Crippen LogP contribution in [0.2, 0.25) is 10.0 Å². The molecule has 1 heterocycles. The van der Waals surface area contributed by atoms with Gasteiger partial charge in [0.25, 0.3) is 0 Å². The van der Waals surface area contributed by atoms with Crippen LogP contribution in [0.1, 0.15) is 5.56 Å². The zero-order valence-electron chi connectivity index (χ0n) is 14.5. The number of nitrogens with one attached hydrogen (secondary N) is 1. The molecule has 0 saturated carbocycles. The highest BCUT2D eigenvalue weighted by Gasteiger charge is 2.22. The molecule has 1 aliphatic rings. The van der Waals surface area contributed by atoms with E-state index in [1.54, 1.807) is 23.9 Å². The zero-order valence-corrected chi connectivity index (χ0v) is 16.9. The number of hydrogen-bond acceptors (Lipinski definition) is 3. The number of thioether (sulfide) groups is 1. The minimum absolute atomic E-state index is 0.0613. The van der Waals surface area contributed by atoms with E-state index in [-0.39, 0.29) is 6.03 Å². The van der Waals surface area contributed by atoms with E-state index in [1.807, 2.05) is 11.0 Å². The largest absolute Gasteiger partial charge is 0.367 e. The molecule has 0 radical (unpaired) electrons. The number of halogens is 2. The van der Waals surface area contributed by atoms with Gasteiger partial charge in [0.05, 0.1) is 5.69 Å². The van der Waals surface area contributed by atoms with Gasteiger partial charge in [0.1, 0.15) is 0 Å². The van der Waals surface area contributed by atoms with E-state index in [0.29, 0.717) is 29.7 Å². The molecule has 26 heavy (non-hydrogen) atoms. The number of carbonyl (C=O) groups excluding carboxylic acids is 1. The second kappa shape index (κ2) is 8.89. The molecule has 1 aliphatic heterocycles. The van der Waals surface area contributed by atoms with Crippen molar-refractivity contribution in [3.05, 3.63) is 58.1 Å². The summed E-state index contributed by atoms with van der Waals surface area (Å²) < 4.78 is 0. The van der Waals surface area contributed by atoms with Crippen LogP contribution in [-0.2, 0) is 6.54 Å². The van der Waals surface area contributed by atoms with Gasteiger partial charge in [-0.2, -0.15) is 0 Å². The lowest BCUT2D eigenvalue weighted by molar-refractivity contribution is 0.194. The summed E-state index contributed by atoms with van der Waals surface area (Å²) in [7, 11) is 0. The molecule has 0 atom stereocenters. The molecule has 4 nitrogen and oxygen atoms in total. The number of para-hydroxylation sites is 1. The van der Waals surface area contributed by atoms with Gasteiger partial charge in [0.15, 0.2) is 0 Å². The molecule has 7 heteroatoms. The molecule has 2 aromatic rings. The third-order valence-electron chi connectivity index (χ3n) is 4.44. The fraction of sp³-hybridized carbons (Fsp3) is 0.316. The number of anilines is 1. The fourth-order valence-electron chi connectivity index (χ4n) is 2.99. The summed E-state index contributed by atoms with van der Waals surface area (Å²) in [6.07, 6.45) is 2.09. The van der Waals surface area contributed by atoms with Gasteiger partial charge in [-0.1, -0.05) is 41.4 Å². The second-order valence-electron chi connectivity index (χ2n) is 6.04. The summed E-state index contributed by atoms with van der Waals surface area (Å²) in [5.41, 5.74) is 2.10. The first-order valence-corrected chi connectivity index (χ1v) is 10.4. The molecule has 0 aliphatic carbocycles. The Morgan fingerprint density at radius 1 is 1.12 bits per heavy atom. The molecule has 3 rings (SSSR count). The lowest BCUT2D eigenvalue weighted by Gasteiger charge is -2.36. The molecule has 0 spiro atoms. The minimum atomic E-state index is -0.0613. The topological polar surface area (TPSA) is 35.6 Å². The highest BCUT2D eigenvalue weighted by Crippen LogP contribution is 2.29. The molecule has 1 fully saturated rings. The summed E-state index contributed by atoms with van der Waals surface area (Å²) in [4.78, 5) is 17.9. The van der Waals surface area contributed by atoms with Crippen molar-refractivity contribution in [1.29, 1.82) is 0 Å². The summed E-state index contributed by atoms with van der Waals surface area (Å²) in [6.45, 7) is 3.44. The smallest absolute Gasteiger partial charge is 0.317 e. The predicted molar refractivity (Wildman–Crippen MR) is 111 cm³/mol. The first kappa shape index (κ1) is 19.2. The van der Waals surface area contributed by atoms with Gasteiger partial charge in [-0.3, -0.25) is 0 Å². The lowest BCUT2D eigenvalue weighted by Crippen LogP contribution is -2.51. The average molecular weight is 410 g/mol. The van der Waals surface area contributed by atoms with Crippen molar-refractivity contribution < 1.29 is 4.79 Å². The third-order valence-corrected chi connectivity index (χ3v) is 5.81. The Morgan fingerprint density at radius 2 is 1.85 bits per heavy atom. The van der Waals surface area contributed by atoms with Gasteiger partial charge in [0.2, 0.25) is 0 Å². The molecular weight excluding hydrogens is 389 g/mol. The molecule has 1 saturated heterocycles. The molecule has 2 amide bonds. The molecule has 0 bridgehead atoms. The summed E-state index contributed by atoms with van der Waals surface area (Å²) in [5, 5.41) is 4.10. The van der Waals surface area contributed by atoms with Gasteiger partial charge < -0.3 is 15.1 Å². The maximum Gasteiger partial charge on any atom is 0.317 e. The maximum atomic E-state index is 12.4. The van der Waals surface area contributed by atoms with E-state index in [1.165, 1.54) is 10.6 Å². The van der Waals surface area contributed by atoms with Crippen molar-refractivity contribution in [3.8, 4) is 0 Å². The molecule has 2 aromatic carbocycles. The van der Waals surface area contributed by atoms with E-state index in [0.717, 1.165) is 18.7 Å². The van der Waals surface area contributed by atoms with E-state index in [9.17, 15) is 4.79 Å². The van der Waals surface area contributed by atoms with Gasteiger partial charge in [-0.05, 0) is 36.1 Å². The normalized spacial score (nSPS) is 14.4. The van der Waals surface area contributed by atoms with Crippen molar-refractivity contribution in [1.82, 2.24) is 10.2 Å². The highest BCUT2D eigenvalue weighted by atomic mass is 35.5. The van der Waals surface area contributed by atoms with Crippen molar-refractivity contribution in [3.63, 3.8) is 0 Å². The van der Waals surface area contributed by atoms with Crippen molar-refractivity contribution in [2.45, 2.75) is 11.4 Å². The van der Waals surface area contributed by atoms with Crippen LogP contribution < -0.4 is 10.2 Å². The van der Waals surface area contributed by atoms with Crippen LogP contribution in [0, 0.1) is 0 Å². The second-order valence-corrected chi connectivity index (χ2v) is 7.73.